The van der Waals surface area contributed by atoms with E-state index in [9.17, 15) is 18.4 Å². The van der Waals surface area contributed by atoms with Gasteiger partial charge in [-0.05, 0) is 69.0 Å². The van der Waals surface area contributed by atoms with Gasteiger partial charge in [-0.2, -0.15) is 0 Å². The molecule has 3 atom stereocenters. The molecule has 4 heterocycles. The smallest absolute Gasteiger partial charge is 0.376 e. The number of rotatable bonds is 16. The van der Waals surface area contributed by atoms with E-state index in [0.717, 1.165) is 80.3 Å². The second-order valence-electron chi connectivity index (χ2n) is 14.7. The lowest BCUT2D eigenvalue weighted by atomic mass is 10.2. The van der Waals surface area contributed by atoms with Crippen LogP contribution in [-0.2, 0) is 28.5 Å². The molecule has 0 bridgehead atoms. The van der Waals surface area contributed by atoms with Gasteiger partial charge in [0, 0.05) is 34.4 Å². The number of benzene rings is 2. The Morgan fingerprint density at radius 1 is 0.786 bits per heavy atom. The van der Waals surface area contributed by atoms with Gasteiger partial charge in [-0.1, -0.05) is 25.7 Å². The molecular weight excluding hydrogens is 763 g/mol. The first-order valence-electron chi connectivity index (χ1n) is 19.4. The van der Waals surface area contributed by atoms with Gasteiger partial charge in [0.05, 0.1) is 65.7 Å². The molecule has 0 spiro atoms. The van der Waals surface area contributed by atoms with E-state index in [1.807, 2.05) is 12.1 Å². The summed E-state index contributed by atoms with van der Waals surface area (Å²) in [5.41, 5.74) is 4.76. The molecule has 0 amide bonds. The van der Waals surface area contributed by atoms with Gasteiger partial charge in [0.2, 0.25) is 0 Å². The van der Waals surface area contributed by atoms with Crippen LogP contribution in [0.5, 0.6) is 0 Å². The molecule has 12 nitrogen and oxygen atoms in total. The quantitative estimate of drug-likeness (QED) is 0.0661. The number of H-pyrrole nitrogens is 2. The second kappa shape index (κ2) is 17.6. The number of aliphatic imine (C=N–C) groups is 2. The number of nitrogens with one attached hydrogen (secondary N) is 4. The Morgan fingerprint density at radius 2 is 1.30 bits per heavy atom. The lowest BCUT2D eigenvalue weighted by Gasteiger charge is -2.18. The lowest BCUT2D eigenvalue weighted by Crippen LogP contribution is -2.35. The average Bonchev–Trinajstić information content (AvgIpc) is 4.02. The summed E-state index contributed by atoms with van der Waals surface area (Å²) < 4.78 is 50.9. The molecule has 56 heavy (non-hydrogen) atoms. The summed E-state index contributed by atoms with van der Waals surface area (Å²) in [6.45, 7) is 1.49. The summed E-state index contributed by atoms with van der Waals surface area (Å²) in [4.78, 5) is 41.9. The zero-order chi connectivity index (χ0) is 38.6. The van der Waals surface area contributed by atoms with E-state index in [-0.39, 0.29) is 43.5 Å². The molecule has 2 saturated carbocycles. The number of fused-ring (bicyclic) bond motifs is 2. The maximum atomic E-state index is 14.5. The number of esters is 2. The van der Waals surface area contributed by atoms with Crippen LogP contribution < -0.4 is 10.6 Å². The minimum Gasteiger partial charge on any atom is -0.461 e. The van der Waals surface area contributed by atoms with Gasteiger partial charge < -0.3 is 39.5 Å². The molecular formula is C40H46F2N6O6S2. The Kier molecular flexibility index (Phi) is 12.2. The molecule has 2 aliphatic heterocycles. The van der Waals surface area contributed by atoms with Crippen LogP contribution in [0.25, 0.3) is 21.8 Å². The summed E-state index contributed by atoms with van der Waals surface area (Å²) in [6.07, 6.45) is 7.40. The molecule has 0 radical (unpaired) electrons. The third kappa shape index (κ3) is 9.19. The minimum atomic E-state index is -1.58. The van der Waals surface area contributed by atoms with Crippen LogP contribution in [0, 0.1) is 11.6 Å². The number of nitrogens with zero attached hydrogens (tertiary/aromatic N) is 2. The summed E-state index contributed by atoms with van der Waals surface area (Å²) in [5.74, 6) is -0.976. The predicted molar refractivity (Wildman–Crippen MR) is 217 cm³/mol. The summed E-state index contributed by atoms with van der Waals surface area (Å²) in [6, 6.07) is 10.0. The SMILES string of the molecule is CCOC(=O)C(OCC1CSC(c2cc3cc(F)cc(NC4CCCC4)c3[nH]2)=N1)OC(=O)COCC1CSC(c2cc3cc(F)cc(NC4CCCC4)c3[nH]2)=N1. The predicted octanol–water partition coefficient (Wildman–Crippen LogP) is 7.53. The van der Waals surface area contributed by atoms with Crippen molar-refractivity contribution in [3.05, 3.63) is 59.4 Å². The Balaban J connectivity index is 0.836. The Hall–Kier alpha value is -4.12. The number of aromatic nitrogens is 2. The van der Waals surface area contributed by atoms with Crippen molar-refractivity contribution in [2.45, 2.75) is 88.7 Å². The van der Waals surface area contributed by atoms with Crippen molar-refractivity contribution in [1.82, 2.24) is 9.97 Å². The number of hydrogen-bond acceptors (Lipinski definition) is 12. The number of ether oxygens (including phenoxy) is 4. The van der Waals surface area contributed by atoms with Gasteiger partial charge in [0.25, 0.3) is 0 Å². The number of aromatic amines is 2. The highest BCUT2D eigenvalue weighted by molar-refractivity contribution is 8.15. The van der Waals surface area contributed by atoms with E-state index in [1.165, 1.54) is 61.7 Å². The molecule has 2 aromatic heterocycles. The van der Waals surface area contributed by atoms with Crippen molar-refractivity contribution in [3.8, 4) is 0 Å². The van der Waals surface area contributed by atoms with E-state index in [4.69, 9.17) is 28.9 Å². The molecule has 4 aliphatic rings. The highest BCUT2D eigenvalue weighted by Gasteiger charge is 2.30. The summed E-state index contributed by atoms with van der Waals surface area (Å²) >= 11 is 3.08. The topological polar surface area (TPSA) is 151 Å². The van der Waals surface area contributed by atoms with Crippen LogP contribution in [0.1, 0.15) is 69.7 Å². The van der Waals surface area contributed by atoms with Gasteiger partial charge in [-0.15, -0.1) is 23.5 Å². The highest BCUT2D eigenvalue weighted by atomic mass is 32.2. The average molecular weight is 809 g/mol. The number of hydrogen-bond donors (Lipinski definition) is 4. The van der Waals surface area contributed by atoms with Crippen LogP contribution in [-0.4, -0.2) is 100 Å². The van der Waals surface area contributed by atoms with Gasteiger partial charge in [-0.25, -0.2) is 18.4 Å². The van der Waals surface area contributed by atoms with Crippen molar-refractivity contribution in [2.24, 2.45) is 9.98 Å². The summed E-state index contributed by atoms with van der Waals surface area (Å²) in [5, 5.41) is 10.1. The Bertz CT molecular complexity index is 2130. The van der Waals surface area contributed by atoms with Gasteiger partial charge in [-0.3, -0.25) is 9.98 Å². The Morgan fingerprint density at radius 3 is 1.82 bits per heavy atom. The van der Waals surface area contributed by atoms with Gasteiger partial charge in [0.15, 0.2) is 0 Å². The standard InChI is InChI=1S/C40H46F2N6O6S2/c1-2-52-39(50)40(53-18-29-21-56-38(46-29)33-14-23-12-25(42)16-31(36(23)48-33)44-27-9-5-6-10-27)54-34(49)19-51-17-28-20-55-37(45-28)32-13-22-11-24(41)15-30(35(22)47-32)43-26-7-3-4-8-26/h11-16,26-29,40,43-44,47-48H,2-10,17-21H2,1H3. The first-order chi connectivity index (χ1) is 27.3. The fraction of sp³-hybridized carbons (Fsp3) is 0.500. The molecule has 3 unspecified atom stereocenters. The van der Waals surface area contributed by atoms with E-state index < -0.39 is 24.8 Å². The molecule has 2 fully saturated rings. The molecule has 4 aromatic rings. The maximum absolute atomic E-state index is 14.5. The monoisotopic (exact) mass is 808 g/mol. The number of thioether (sulfide) groups is 2. The number of carbonyl (C=O) groups is 2. The van der Waals surface area contributed by atoms with E-state index in [0.29, 0.717) is 23.6 Å². The molecule has 2 aromatic carbocycles. The van der Waals surface area contributed by atoms with Crippen LogP contribution >= 0.6 is 23.5 Å². The molecule has 2 aliphatic carbocycles. The van der Waals surface area contributed by atoms with E-state index in [1.54, 1.807) is 18.7 Å². The van der Waals surface area contributed by atoms with Crippen LogP contribution in [0.2, 0.25) is 0 Å². The zero-order valence-corrected chi connectivity index (χ0v) is 32.8. The highest BCUT2D eigenvalue weighted by Crippen LogP contribution is 2.34. The van der Waals surface area contributed by atoms with Gasteiger partial charge >= 0.3 is 18.2 Å². The van der Waals surface area contributed by atoms with Crippen molar-refractivity contribution in [3.63, 3.8) is 0 Å². The van der Waals surface area contributed by atoms with Crippen molar-refractivity contribution >= 4 is 78.7 Å². The largest absolute Gasteiger partial charge is 0.461 e. The molecule has 4 N–H and O–H groups in total. The van der Waals surface area contributed by atoms with Crippen LogP contribution in [0.4, 0.5) is 20.2 Å². The van der Waals surface area contributed by atoms with Crippen molar-refractivity contribution in [1.29, 1.82) is 0 Å². The molecule has 298 valence electrons. The minimum absolute atomic E-state index is 0.00673. The third-order valence-corrected chi connectivity index (χ3v) is 12.7. The fourth-order valence-corrected chi connectivity index (χ4v) is 9.76. The lowest BCUT2D eigenvalue weighted by molar-refractivity contribution is -0.203. The first-order valence-corrected chi connectivity index (χ1v) is 21.4. The Labute approximate surface area is 331 Å². The second-order valence-corrected chi connectivity index (χ2v) is 16.7. The van der Waals surface area contributed by atoms with Crippen molar-refractivity contribution < 1.29 is 37.3 Å². The maximum Gasteiger partial charge on any atom is 0.376 e. The summed E-state index contributed by atoms with van der Waals surface area (Å²) in [7, 11) is 0. The third-order valence-electron chi connectivity index (χ3n) is 10.4. The first kappa shape index (κ1) is 38.7. The number of anilines is 2. The van der Waals surface area contributed by atoms with Gasteiger partial charge in [0.1, 0.15) is 28.3 Å². The molecule has 8 rings (SSSR count). The zero-order valence-electron chi connectivity index (χ0n) is 31.2. The number of halogens is 2. The molecule has 16 heteroatoms. The van der Waals surface area contributed by atoms with Crippen LogP contribution in [0.15, 0.2) is 46.4 Å². The van der Waals surface area contributed by atoms with E-state index in [2.05, 4.69) is 20.6 Å². The molecule has 0 saturated heterocycles. The normalized spacial score (nSPS) is 20.8. The number of carbonyl (C=O) groups excluding carboxylic acids is 2. The van der Waals surface area contributed by atoms with Crippen molar-refractivity contribution in [2.75, 3.05) is 48.6 Å². The van der Waals surface area contributed by atoms with E-state index >= 15 is 0 Å². The fourth-order valence-electron chi connectivity index (χ4n) is 7.74. The van der Waals surface area contributed by atoms with Crippen LogP contribution in [0.3, 0.4) is 0 Å².